The molecule has 5 heteroatoms. The minimum atomic E-state index is 0.382. The summed E-state index contributed by atoms with van der Waals surface area (Å²) >= 11 is 1.72. The maximum atomic E-state index is 5.68. The maximum Gasteiger partial charge on any atom is 0.191 e. The number of thioether (sulfide) groups is 1. The second-order valence-electron chi connectivity index (χ2n) is 3.85. The Bertz CT molecular complexity index is 334. The summed E-state index contributed by atoms with van der Waals surface area (Å²) in [6, 6.07) is 0. The Labute approximate surface area is 100 Å². The fourth-order valence-electron chi connectivity index (χ4n) is 1.73. The van der Waals surface area contributed by atoms with E-state index in [1.807, 2.05) is 10.6 Å². The number of hydrogen-bond acceptors (Lipinski definition) is 4. The molecule has 1 saturated heterocycles. The van der Waals surface area contributed by atoms with Crippen LogP contribution in [0.4, 0.5) is 0 Å². The average Bonchev–Trinajstić information content (AvgIpc) is 2.76. The van der Waals surface area contributed by atoms with E-state index in [-0.39, 0.29) is 0 Å². The van der Waals surface area contributed by atoms with Crippen LogP contribution in [0.25, 0.3) is 0 Å². The van der Waals surface area contributed by atoms with Crippen LogP contribution < -0.4 is 0 Å². The minimum absolute atomic E-state index is 0.382. The van der Waals surface area contributed by atoms with Gasteiger partial charge in [-0.05, 0) is 19.3 Å². The first-order valence-electron chi connectivity index (χ1n) is 5.63. The van der Waals surface area contributed by atoms with Gasteiger partial charge in [0.05, 0.1) is 6.10 Å². The predicted molar refractivity (Wildman–Crippen MR) is 64.5 cm³/mol. The first kappa shape index (κ1) is 11.7. The molecule has 0 bridgehead atoms. The third-order valence-corrected chi connectivity index (χ3v) is 3.69. The van der Waals surface area contributed by atoms with E-state index in [1.165, 1.54) is 19.3 Å². The van der Waals surface area contributed by atoms with Crippen molar-refractivity contribution in [2.45, 2.75) is 37.1 Å². The molecule has 1 aromatic rings. The normalized spacial score (nSPS) is 20.9. The van der Waals surface area contributed by atoms with Crippen molar-refractivity contribution in [2.75, 3.05) is 12.4 Å². The van der Waals surface area contributed by atoms with E-state index in [4.69, 9.17) is 4.74 Å². The Morgan fingerprint density at radius 1 is 1.62 bits per heavy atom. The van der Waals surface area contributed by atoms with E-state index in [2.05, 4.69) is 16.8 Å². The summed E-state index contributed by atoms with van der Waals surface area (Å²) in [5.74, 6) is 0.968. The van der Waals surface area contributed by atoms with E-state index in [0.29, 0.717) is 6.10 Å². The summed E-state index contributed by atoms with van der Waals surface area (Å²) in [5.41, 5.74) is 0. The van der Waals surface area contributed by atoms with Crippen molar-refractivity contribution in [3.63, 3.8) is 0 Å². The molecule has 2 heterocycles. The number of hydrogen-bond donors (Lipinski definition) is 0. The summed E-state index contributed by atoms with van der Waals surface area (Å²) in [6.07, 6.45) is 7.63. The van der Waals surface area contributed by atoms with Gasteiger partial charge in [-0.1, -0.05) is 17.8 Å². The van der Waals surface area contributed by atoms with Crippen LogP contribution in [-0.4, -0.2) is 33.2 Å². The van der Waals surface area contributed by atoms with E-state index >= 15 is 0 Å². The van der Waals surface area contributed by atoms with Crippen LogP contribution in [0, 0.1) is 0 Å². The van der Waals surface area contributed by atoms with E-state index in [1.54, 1.807) is 18.1 Å². The zero-order valence-electron chi connectivity index (χ0n) is 9.34. The van der Waals surface area contributed by atoms with Crippen LogP contribution in [-0.2, 0) is 11.3 Å². The molecule has 1 aromatic heterocycles. The molecule has 16 heavy (non-hydrogen) atoms. The van der Waals surface area contributed by atoms with Crippen molar-refractivity contribution in [1.82, 2.24) is 14.8 Å². The number of aromatic nitrogens is 3. The number of nitrogens with zero attached hydrogens (tertiary/aromatic N) is 3. The maximum absolute atomic E-state index is 5.68. The van der Waals surface area contributed by atoms with Gasteiger partial charge in [0, 0.05) is 18.9 Å². The SMILES string of the molecule is C=CCn1cnnc1SC[C@H]1CCCCO1. The lowest BCUT2D eigenvalue weighted by Gasteiger charge is -2.21. The summed E-state index contributed by atoms with van der Waals surface area (Å²) in [6.45, 7) is 5.39. The molecule has 0 saturated carbocycles. The molecule has 1 fully saturated rings. The molecule has 1 aliphatic heterocycles. The van der Waals surface area contributed by atoms with Crippen molar-refractivity contribution in [3.05, 3.63) is 19.0 Å². The average molecular weight is 239 g/mol. The molecule has 0 unspecified atom stereocenters. The predicted octanol–water partition coefficient (Wildman–Crippen LogP) is 2.13. The molecule has 0 amide bonds. The van der Waals surface area contributed by atoms with Crippen molar-refractivity contribution >= 4 is 11.8 Å². The number of ether oxygens (including phenoxy) is 1. The van der Waals surface area contributed by atoms with Gasteiger partial charge >= 0.3 is 0 Å². The summed E-state index contributed by atoms with van der Waals surface area (Å²) in [5, 5.41) is 8.95. The third kappa shape index (κ3) is 3.09. The second kappa shape index (κ2) is 6.06. The van der Waals surface area contributed by atoms with Crippen LogP contribution in [0.5, 0.6) is 0 Å². The molecule has 0 N–H and O–H groups in total. The van der Waals surface area contributed by atoms with Crippen molar-refractivity contribution in [2.24, 2.45) is 0 Å². The zero-order chi connectivity index (χ0) is 11.2. The second-order valence-corrected chi connectivity index (χ2v) is 4.84. The highest BCUT2D eigenvalue weighted by Gasteiger charge is 2.15. The molecule has 0 aromatic carbocycles. The first-order chi connectivity index (χ1) is 7.90. The summed E-state index contributed by atoms with van der Waals surface area (Å²) in [4.78, 5) is 0. The third-order valence-electron chi connectivity index (χ3n) is 2.58. The molecule has 2 rings (SSSR count). The summed E-state index contributed by atoms with van der Waals surface area (Å²) < 4.78 is 7.68. The van der Waals surface area contributed by atoms with Crippen molar-refractivity contribution in [1.29, 1.82) is 0 Å². The van der Waals surface area contributed by atoms with E-state index < -0.39 is 0 Å². The Balaban J connectivity index is 1.83. The van der Waals surface area contributed by atoms with Crippen LogP contribution in [0.2, 0.25) is 0 Å². The molecule has 4 nitrogen and oxygen atoms in total. The summed E-state index contributed by atoms with van der Waals surface area (Å²) in [7, 11) is 0. The van der Waals surface area contributed by atoms with Gasteiger partial charge in [0.15, 0.2) is 5.16 Å². The lowest BCUT2D eigenvalue weighted by atomic mass is 10.1. The highest BCUT2D eigenvalue weighted by atomic mass is 32.2. The van der Waals surface area contributed by atoms with Gasteiger partial charge in [-0.2, -0.15) is 0 Å². The zero-order valence-corrected chi connectivity index (χ0v) is 10.2. The van der Waals surface area contributed by atoms with Crippen LogP contribution in [0.15, 0.2) is 24.1 Å². The fraction of sp³-hybridized carbons (Fsp3) is 0.636. The van der Waals surface area contributed by atoms with Gasteiger partial charge in [0.1, 0.15) is 6.33 Å². The van der Waals surface area contributed by atoms with Gasteiger partial charge in [0.25, 0.3) is 0 Å². The first-order valence-corrected chi connectivity index (χ1v) is 6.62. The Hall–Kier alpha value is -0.810. The molecule has 0 radical (unpaired) electrons. The van der Waals surface area contributed by atoms with E-state index in [0.717, 1.165) is 24.1 Å². The van der Waals surface area contributed by atoms with Crippen LogP contribution >= 0.6 is 11.8 Å². The van der Waals surface area contributed by atoms with Crippen LogP contribution in [0.3, 0.4) is 0 Å². The van der Waals surface area contributed by atoms with Crippen molar-refractivity contribution in [3.8, 4) is 0 Å². The molecule has 0 spiro atoms. The topological polar surface area (TPSA) is 39.9 Å². The minimum Gasteiger partial charge on any atom is -0.377 e. The smallest absolute Gasteiger partial charge is 0.191 e. The molecular formula is C11H17N3OS. The molecular weight excluding hydrogens is 222 g/mol. The highest BCUT2D eigenvalue weighted by molar-refractivity contribution is 7.99. The van der Waals surface area contributed by atoms with E-state index in [9.17, 15) is 0 Å². The molecule has 1 atom stereocenters. The number of rotatable bonds is 5. The van der Waals surface area contributed by atoms with Gasteiger partial charge < -0.3 is 9.30 Å². The number of allylic oxidation sites excluding steroid dienone is 1. The molecule has 1 aliphatic rings. The largest absolute Gasteiger partial charge is 0.377 e. The van der Waals surface area contributed by atoms with Gasteiger partial charge in [-0.3, -0.25) is 0 Å². The van der Waals surface area contributed by atoms with Gasteiger partial charge in [-0.15, -0.1) is 16.8 Å². The quantitative estimate of drug-likeness (QED) is 0.583. The monoisotopic (exact) mass is 239 g/mol. The Morgan fingerprint density at radius 3 is 3.31 bits per heavy atom. The molecule has 0 aliphatic carbocycles. The Kier molecular flexibility index (Phi) is 4.42. The van der Waals surface area contributed by atoms with Gasteiger partial charge in [0.2, 0.25) is 0 Å². The van der Waals surface area contributed by atoms with Gasteiger partial charge in [-0.25, -0.2) is 0 Å². The standard InChI is InChI=1S/C11H17N3OS/c1-2-6-14-9-12-13-11(14)16-8-10-5-3-4-7-15-10/h2,9-10H,1,3-8H2/t10-/m1/s1. The highest BCUT2D eigenvalue weighted by Crippen LogP contribution is 2.21. The lowest BCUT2D eigenvalue weighted by Crippen LogP contribution is -2.21. The lowest BCUT2D eigenvalue weighted by molar-refractivity contribution is 0.0315. The fourth-order valence-corrected chi connectivity index (χ4v) is 2.72. The van der Waals surface area contributed by atoms with Crippen LogP contribution in [0.1, 0.15) is 19.3 Å². The van der Waals surface area contributed by atoms with Crippen molar-refractivity contribution < 1.29 is 4.74 Å². The Morgan fingerprint density at radius 2 is 2.56 bits per heavy atom. The molecule has 88 valence electrons.